The van der Waals surface area contributed by atoms with Crippen LogP contribution in [0.15, 0.2) is 35.3 Å². The van der Waals surface area contributed by atoms with Crippen LogP contribution in [-0.4, -0.2) is 34.9 Å². The van der Waals surface area contributed by atoms with Gasteiger partial charge in [-0.3, -0.25) is 4.99 Å². The molecule has 0 spiro atoms. The Kier molecular flexibility index (Phi) is 5.52. The van der Waals surface area contributed by atoms with Gasteiger partial charge in [-0.1, -0.05) is 58.0 Å². The van der Waals surface area contributed by atoms with Gasteiger partial charge >= 0.3 is 0 Å². The second-order valence-corrected chi connectivity index (χ2v) is 8.31. The van der Waals surface area contributed by atoms with Crippen molar-refractivity contribution < 1.29 is 13.6 Å². The van der Waals surface area contributed by atoms with E-state index in [4.69, 9.17) is 0 Å². The van der Waals surface area contributed by atoms with E-state index in [1.54, 1.807) is 12.1 Å². The average Bonchev–Trinajstić information content (AvgIpc) is 2.85. The summed E-state index contributed by atoms with van der Waals surface area (Å²) in [5.41, 5.74) is -1.07. The molecule has 2 rings (SSSR count). The Morgan fingerprint density at radius 1 is 1.00 bits per heavy atom. The summed E-state index contributed by atoms with van der Waals surface area (Å²) >= 11 is 0. The molecule has 0 aromatic heterocycles. The maximum atomic E-state index is 13.1. The zero-order valence-corrected chi connectivity index (χ0v) is 15.8. The monoisotopic (exact) mass is 352 g/mol. The molecule has 6 heteroatoms. The van der Waals surface area contributed by atoms with Crippen molar-refractivity contribution in [1.82, 2.24) is 5.06 Å². The zero-order valence-electron chi connectivity index (χ0n) is 15.0. The number of hydrogen-bond donors (Lipinski definition) is 1. The molecule has 134 valence electrons. The minimum absolute atomic E-state index is 0.0915. The second-order valence-electron chi connectivity index (χ2n) is 6.40. The van der Waals surface area contributed by atoms with E-state index in [1.165, 1.54) is 5.06 Å². The third-order valence-corrected chi connectivity index (χ3v) is 7.08. The molecular formula is C18H28N2O3S. The molecule has 0 atom stereocenters. The Balaban J connectivity index is 2.55. The van der Waals surface area contributed by atoms with Gasteiger partial charge in [0.1, 0.15) is 11.2 Å². The maximum Gasteiger partial charge on any atom is 0.197 e. The molecule has 1 aromatic carbocycles. The first-order valence-corrected chi connectivity index (χ1v) is 10.3. The molecule has 0 saturated heterocycles. The van der Waals surface area contributed by atoms with Crippen LogP contribution in [0, 0.1) is 0 Å². The third-order valence-electron chi connectivity index (χ3n) is 5.30. The fourth-order valence-corrected chi connectivity index (χ4v) is 5.64. The van der Waals surface area contributed by atoms with Crippen LogP contribution in [0.3, 0.4) is 0 Å². The van der Waals surface area contributed by atoms with Crippen LogP contribution in [0.25, 0.3) is 0 Å². The molecule has 0 aliphatic carbocycles. The number of sulfone groups is 1. The van der Waals surface area contributed by atoms with Gasteiger partial charge in [-0.15, -0.1) is 0 Å². The number of rotatable bonds is 6. The molecule has 0 radical (unpaired) electrons. The summed E-state index contributed by atoms with van der Waals surface area (Å²) in [7, 11) is -3.62. The fraction of sp³-hybridized carbons (Fsp3) is 0.611. The lowest BCUT2D eigenvalue weighted by Gasteiger charge is -2.40. The Hall–Kier alpha value is -1.24. The van der Waals surface area contributed by atoms with E-state index in [1.807, 2.05) is 45.9 Å². The molecule has 0 bridgehead atoms. The van der Waals surface area contributed by atoms with E-state index in [9.17, 15) is 13.6 Å². The van der Waals surface area contributed by atoms with E-state index in [0.29, 0.717) is 25.7 Å². The first kappa shape index (κ1) is 19.1. The van der Waals surface area contributed by atoms with Crippen molar-refractivity contribution >= 4 is 14.9 Å². The van der Waals surface area contributed by atoms with Gasteiger partial charge in [-0.2, -0.15) is 5.06 Å². The number of nitrogens with zero attached hydrogens (tertiary/aromatic N) is 2. The summed E-state index contributed by atoms with van der Waals surface area (Å²) in [6.45, 7) is 7.67. The lowest BCUT2D eigenvalue weighted by molar-refractivity contribution is -0.211. The largest absolute Gasteiger partial charge is 0.311 e. The second kappa shape index (κ2) is 6.94. The quantitative estimate of drug-likeness (QED) is 0.846. The molecule has 1 N–H and O–H groups in total. The van der Waals surface area contributed by atoms with Gasteiger partial charge in [-0.05, 0) is 31.2 Å². The van der Waals surface area contributed by atoms with Crippen molar-refractivity contribution in [2.45, 2.75) is 70.3 Å². The van der Waals surface area contributed by atoms with Gasteiger partial charge < -0.3 is 5.21 Å². The van der Waals surface area contributed by atoms with Crippen molar-refractivity contribution in [3.8, 4) is 0 Å². The summed E-state index contributed by atoms with van der Waals surface area (Å²) in [5, 5.41) is 12.3. The van der Waals surface area contributed by atoms with Crippen LogP contribution in [0.5, 0.6) is 0 Å². The van der Waals surface area contributed by atoms with Crippen LogP contribution in [-0.2, 0) is 15.6 Å². The van der Waals surface area contributed by atoms with Gasteiger partial charge in [0.2, 0.25) is 0 Å². The Bertz CT molecular complexity index is 690. The molecule has 1 heterocycles. The van der Waals surface area contributed by atoms with Gasteiger partial charge in [0, 0.05) is 0 Å². The van der Waals surface area contributed by atoms with E-state index in [-0.39, 0.29) is 10.8 Å². The molecule has 1 aromatic rings. The van der Waals surface area contributed by atoms with Crippen LogP contribution in [0.4, 0.5) is 0 Å². The van der Waals surface area contributed by atoms with E-state index >= 15 is 0 Å². The van der Waals surface area contributed by atoms with Crippen LogP contribution in [0.1, 0.15) is 58.9 Å². The smallest absolute Gasteiger partial charge is 0.197 e. The minimum Gasteiger partial charge on any atom is -0.311 e. The van der Waals surface area contributed by atoms with Crippen LogP contribution in [0.2, 0.25) is 0 Å². The molecule has 5 nitrogen and oxygen atoms in total. The molecule has 1 aliphatic heterocycles. The predicted octanol–water partition coefficient (Wildman–Crippen LogP) is 3.78. The van der Waals surface area contributed by atoms with Crippen LogP contribution >= 0.6 is 0 Å². The van der Waals surface area contributed by atoms with E-state index in [0.717, 1.165) is 5.56 Å². The Morgan fingerprint density at radius 3 is 2.00 bits per heavy atom. The topological polar surface area (TPSA) is 70.0 Å². The average molecular weight is 353 g/mol. The summed E-state index contributed by atoms with van der Waals surface area (Å²) < 4.78 is 26.3. The molecule has 1 aliphatic rings. The highest BCUT2D eigenvalue weighted by atomic mass is 32.2. The molecule has 0 saturated carbocycles. The third kappa shape index (κ3) is 2.91. The highest BCUT2D eigenvalue weighted by molar-refractivity contribution is 8.06. The van der Waals surface area contributed by atoms with Crippen molar-refractivity contribution in [1.29, 1.82) is 0 Å². The van der Waals surface area contributed by atoms with Crippen molar-refractivity contribution in [2.75, 3.05) is 0 Å². The van der Waals surface area contributed by atoms with Gasteiger partial charge in [0.15, 0.2) is 14.9 Å². The number of hydroxylamine groups is 2. The highest BCUT2D eigenvalue weighted by Gasteiger charge is 2.57. The normalized spacial score (nSPS) is 20.1. The van der Waals surface area contributed by atoms with E-state index in [2.05, 4.69) is 4.99 Å². The first-order chi connectivity index (χ1) is 11.3. The lowest BCUT2D eigenvalue weighted by atomic mass is 9.92. The summed E-state index contributed by atoms with van der Waals surface area (Å²) in [6, 6.07) is 9.12. The molecule has 0 unspecified atom stereocenters. The number of benzene rings is 1. The summed E-state index contributed by atoms with van der Waals surface area (Å²) in [4.78, 5) is 4.61. The molecule has 0 fully saturated rings. The predicted molar refractivity (Wildman–Crippen MR) is 96.8 cm³/mol. The zero-order chi connectivity index (χ0) is 18.0. The minimum atomic E-state index is -3.62. The molecular weight excluding hydrogens is 324 g/mol. The summed E-state index contributed by atoms with van der Waals surface area (Å²) in [5.74, 6) is -0.0915. The van der Waals surface area contributed by atoms with Crippen LogP contribution < -0.4 is 0 Å². The first-order valence-electron chi connectivity index (χ1n) is 8.68. The SMILES string of the molecule is CCC1(CC)N=C(S(=O)(=O)Cc2ccccc2)C(CC)(CC)N1O. The van der Waals surface area contributed by atoms with Gasteiger partial charge in [-0.25, -0.2) is 8.42 Å². The van der Waals surface area contributed by atoms with Crippen molar-refractivity contribution in [3.05, 3.63) is 35.9 Å². The highest BCUT2D eigenvalue weighted by Crippen LogP contribution is 2.43. The van der Waals surface area contributed by atoms with E-state index < -0.39 is 21.0 Å². The summed E-state index contributed by atoms with van der Waals surface area (Å²) in [6.07, 6.45) is 2.11. The number of hydrogen-bond acceptors (Lipinski definition) is 5. The lowest BCUT2D eigenvalue weighted by Crippen LogP contribution is -2.56. The Morgan fingerprint density at radius 2 is 1.54 bits per heavy atom. The maximum absolute atomic E-state index is 13.1. The standard InChI is InChI=1S/C18H28N2O3S/c1-5-17(6-2)16(19-18(7-3,8-4)20(17)21)24(22,23)14-15-12-10-9-11-13-15/h9-13,21H,5-8,14H2,1-4H3. The fourth-order valence-electron chi connectivity index (χ4n) is 3.61. The van der Waals surface area contributed by atoms with Crippen molar-refractivity contribution in [3.63, 3.8) is 0 Å². The molecule has 24 heavy (non-hydrogen) atoms. The van der Waals surface area contributed by atoms with Gasteiger partial charge in [0.05, 0.1) is 5.75 Å². The van der Waals surface area contributed by atoms with Gasteiger partial charge in [0.25, 0.3) is 0 Å². The number of aliphatic imine (C=N–C) groups is 1. The Labute approximate surface area is 145 Å². The molecule has 0 amide bonds. The van der Waals surface area contributed by atoms with Crippen molar-refractivity contribution in [2.24, 2.45) is 4.99 Å².